The van der Waals surface area contributed by atoms with Gasteiger partial charge in [-0.3, -0.25) is 4.99 Å². The van der Waals surface area contributed by atoms with Crippen molar-refractivity contribution in [2.45, 2.75) is 25.8 Å². The van der Waals surface area contributed by atoms with Crippen LogP contribution < -0.4 is 0 Å². The predicted octanol–water partition coefficient (Wildman–Crippen LogP) is 5.74. The third-order valence-electron chi connectivity index (χ3n) is 4.25. The van der Waals surface area contributed by atoms with Crippen LogP contribution in [0.3, 0.4) is 0 Å². The Labute approximate surface area is 157 Å². The zero-order valence-corrected chi connectivity index (χ0v) is 15.6. The first-order chi connectivity index (χ1) is 12.6. The van der Waals surface area contributed by atoms with Crippen LogP contribution in [0.4, 0.5) is 8.78 Å². The fourth-order valence-corrected chi connectivity index (χ4v) is 5.46. The Morgan fingerprint density at radius 3 is 2.65 bits per heavy atom. The third-order valence-corrected chi connectivity index (χ3v) is 6.62. The highest BCUT2D eigenvalue weighted by Crippen LogP contribution is 2.41. The van der Waals surface area contributed by atoms with E-state index in [0.717, 1.165) is 20.7 Å². The zero-order chi connectivity index (χ0) is 18.3. The summed E-state index contributed by atoms with van der Waals surface area (Å²) in [4.78, 5) is 18.0. The summed E-state index contributed by atoms with van der Waals surface area (Å²) in [6, 6.07) is 7.62. The average Bonchev–Trinajstić information content (AvgIpc) is 3.28. The molecule has 1 aromatic carbocycles. The Bertz CT molecular complexity index is 970. The van der Waals surface area contributed by atoms with Gasteiger partial charge in [-0.1, -0.05) is 6.07 Å². The maximum absolute atomic E-state index is 14.0. The Morgan fingerprint density at radius 2 is 1.96 bits per heavy atom. The molecule has 0 spiro atoms. The molecule has 0 saturated heterocycles. The maximum atomic E-state index is 14.0. The van der Waals surface area contributed by atoms with Crippen molar-refractivity contribution >= 4 is 43.8 Å². The number of esters is 1. The first-order valence-electron chi connectivity index (χ1n) is 8.28. The van der Waals surface area contributed by atoms with Gasteiger partial charge in [-0.2, -0.15) is 0 Å². The van der Waals surface area contributed by atoms with Crippen molar-refractivity contribution in [3.63, 3.8) is 0 Å². The minimum absolute atomic E-state index is 0.0158. The van der Waals surface area contributed by atoms with Crippen molar-refractivity contribution in [2.75, 3.05) is 6.61 Å². The zero-order valence-electron chi connectivity index (χ0n) is 13.9. The highest BCUT2D eigenvalue weighted by Gasteiger charge is 2.26. The summed E-state index contributed by atoms with van der Waals surface area (Å²) in [6.07, 6.45) is 1.27. The lowest BCUT2D eigenvalue weighted by atomic mass is 10.1. The largest absolute Gasteiger partial charge is 0.462 e. The van der Waals surface area contributed by atoms with Crippen LogP contribution >= 0.6 is 22.7 Å². The molecule has 3 heterocycles. The number of aliphatic imine (C=N–C) groups is 1. The molecule has 2 aromatic heterocycles. The summed E-state index contributed by atoms with van der Waals surface area (Å²) in [5.74, 6) is -1.45. The number of hydrogen-bond donors (Lipinski definition) is 0. The smallest absolute Gasteiger partial charge is 0.348 e. The summed E-state index contributed by atoms with van der Waals surface area (Å²) in [5.41, 5.74) is 0.465. The molecule has 0 radical (unpaired) electrons. The van der Waals surface area contributed by atoms with Gasteiger partial charge in [0.1, 0.15) is 16.5 Å². The summed E-state index contributed by atoms with van der Waals surface area (Å²) in [6.45, 7) is 2.13. The van der Waals surface area contributed by atoms with Crippen molar-refractivity contribution in [1.29, 1.82) is 0 Å². The fraction of sp³-hybridized carbons (Fsp3) is 0.263. The number of rotatable bonds is 4. The molecular formula is C19H15F2NO2S2. The van der Waals surface area contributed by atoms with Crippen LogP contribution in [0.2, 0.25) is 0 Å². The molecule has 1 aliphatic rings. The van der Waals surface area contributed by atoms with E-state index in [1.165, 1.54) is 29.5 Å². The van der Waals surface area contributed by atoms with Crippen LogP contribution in [0.1, 0.15) is 45.9 Å². The fourth-order valence-electron chi connectivity index (χ4n) is 3.08. The highest BCUT2D eigenvalue weighted by molar-refractivity contribution is 7.28. The van der Waals surface area contributed by atoms with Crippen molar-refractivity contribution in [3.05, 3.63) is 57.3 Å². The van der Waals surface area contributed by atoms with Gasteiger partial charge >= 0.3 is 5.97 Å². The molecule has 0 saturated carbocycles. The van der Waals surface area contributed by atoms with Gasteiger partial charge in [0.2, 0.25) is 0 Å². The van der Waals surface area contributed by atoms with E-state index in [9.17, 15) is 13.6 Å². The number of hydrogen-bond acceptors (Lipinski definition) is 5. The van der Waals surface area contributed by atoms with E-state index in [4.69, 9.17) is 4.74 Å². The number of fused-ring (bicyclic) bond motifs is 1. The minimum atomic E-state index is -0.573. The van der Waals surface area contributed by atoms with Crippen LogP contribution in [-0.2, 0) is 4.74 Å². The number of carbonyl (C=O) groups excluding carboxylic acids is 1. The molecule has 3 aromatic rings. The lowest BCUT2D eigenvalue weighted by molar-refractivity contribution is 0.0532. The van der Waals surface area contributed by atoms with Crippen LogP contribution in [0.25, 0.3) is 9.40 Å². The van der Waals surface area contributed by atoms with Crippen molar-refractivity contribution < 1.29 is 18.3 Å². The second kappa shape index (κ2) is 6.89. The topological polar surface area (TPSA) is 38.7 Å². The minimum Gasteiger partial charge on any atom is -0.462 e. The summed E-state index contributed by atoms with van der Waals surface area (Å²) in [5, 5.41) is 0. The Kier molecular flexibility index (Phi) is 4.58. The number of nitrogens with zero attached hydrogens (tertiary/aromatic N) is 1. The second-order valence-corrected chi connectivity index (χ2v) is 8.13. The van der Waals surface area contributed by atoms with Gasteiger partial charge in [0.15, 0.2) is 0 Å². The van der Waals surface area contributed by atoms with Gasteiger partial charge in [0, 0.05) is 20.0 Å². The molecule has 0 N–H and O–H groups in total. The quantitative estimate of drug-likeness (QED) is 0.532. The molecule has 0 bridgehead atoms. The molecular weight excluding hydrogens is 376 g/mol. The molecule has 26 heavy (non-hydrogen) atoms. The second-order valence-electron chi connectivity index (χ2n) is 5.94. The lowest BCUT2D eigenvalue weighted by Crippen LogP contribution is -2.03. The summed E-state index contributed by atoms with van der Waals surface area (Å²) < 4.78 is 35.0. The number of carbonyl (C=O) groups is 1. The van der Waals surface area contributed by atoms with Gasteiger partial charge in [-0.05, 0) is 44.0 Å². The number of halogens is 2. The highest BCUT2D eigenvalue weighted by atomic mass is 32.1. The predicted molar refractivity (Wildman–Crippen MR) is 101 cm³/mol. The molecule has 1 unspecified atom stereocenters. The van der Waals surface area contributed by atoms with Gasteiger partial charge < -0.3 is 4.74 Å². The first kappa shape index (κ1) is 17.3. The van der Waals surface area contributed by atoms with E-state index >= 15 is 0 Å². The third kappa shape index (κ3) is 3.05. The van der Waals surface area contributed by atoms with Crippen molar-refractivity contribution in [2.24, 2.45) is 4.99 Å². The molecule has 0 aliphatic carbocycles. The average molecular weight is 391 g/mol. The Morgan fingerprint density at radius 1 is 1.23 bits per heavy atom. The van der Waals surface area contributed by atoms with E-state index in [-0.39, 0.29) is 17.6 Å². The van der Waals surface area contributed by atoms with Crippen LogP contribution in [0.5, 0.6) is 0 Å². The molecule has 3 nitrogen and oxygen atoms in total. The van der Waals surface area contributed by atoms with E-state index in [2.05, 4.69) is 4.99 Å². The lowest BCUT2D eigenvalue weighted by Gasteiger charge is -2.04. The molecule has 1 aliphatic heterocycles. The maximum Gasteiger partial charge on any atom is 0.348 e. The summed E-state index contributed by atoms with van der Waals surface area (Å²) >= 11 is 2.96. The van der Waals surface area contributed by atoms with Gasteiger partial charge in [-0.25, -0.2) is 13.6 Å². The van der Waals surface area contributed by atoms with Crippen LogP contribution in [0.15, 0.2) is 35.3 Å². The van der Waals surface area contributed by atoms with Gasteiger partial charge in [0.25, 0.3) is 0 Å². The van der Waals surface area contributed by atoms with E-state index in [1.807, 2.05) is 12.1 Å². The summed E-state index contributed by atoms with van der Waals surface area (Å²) in [7, 11) is 0. The van der Waals surface area contributed by atoms with E-state index in [1.54, 1.807) is 18.3 Å². The van der Waals surface area contributed by atoms with Crippen LogP contribution in [-0.4, -0.2) is 18.3 Å². The number of ether oxygens (including phenoxy) is 1. The monoisotopic (exact) mass is 391 g/mol. The Hall–Kier alpha value is -2.12. The number of thiophene rings is 2. The van der Waals surface area contributed by atoms with Crippen molar-refractivity contribution in [3.8, 4) is 0 Å². The SMILES string of the molecule is CCOC(=O)c1cc2sc(C3CCC(c4c(F)cccc4F)=N3)cc2s1. The van der Waals surface area contributed by atoms with Crippen LogP contribution in [0, 0.1) is 11.6 Å². The van der Waals surface area contributed by atoms with E-state index in [0.29, 0.717) is 23.6 Å². The normalized spacial score (nSPS) is 16.9. The first-order valence-corrected chi connectivity index (χ1v) is 9.91. The molecule has 7 heteroatoms. The van der Waals surface area contributed by atoms with Gasteiger partial charge in [-0.15, -0.1) is 22.7 Å². The molecule has 4 rings (SSSR count). The van der Waals surface area contributed by atoms with E-state index < -0.39 is 11.6 Å². The molecule has 0 amide bonds. The molecule has 134 valence electrons. The van der Waals surface area contributed by atoms with Gasteiger partial charge in [0.05, 0.1) is 18.2 Å². The van der Waals surface area contributed by atoms with Crippen molar-refractivity contribution in [1.82, 2.24) is 0 Å². The molecule has 0 fully saturated rings. The standard InChI is InChI=1S/C19H15F2NO2S2/c1-2-24-19(23)17-9-16-15(26-17)8-14(25-16)12-6-7-13(22-12)18-10(20)4-3-5-11(18)21/h3-5,8-9,12H,2,6-7H2,1H3. The molecule has 1 atom stereocenters. The Balaban J connectivity index is 1.61. The number of benzene rings is 1.